The molecule has 38 heavy (non-hydrogen) atoms. The third-order valence-corrected chi connectivity index (χ3v) is 8.79. The second-order valence-corrected chi connectivity index (χ2v) is 11.6. The molecule has 1 aromatic heterocycles. The van der Waals surface area contributed by atoms with Crippen LogP contribution in [0.15, 0.2) is 18.2 Å². The Morgan fingerprint density at radius 2 is 2.03 bits per heavy atom. The lowest BCUT2D eigenvalue weighted by Gasteiger charge is -2.38. The standard InChI is InChI=1S/C27H33ClFN5O4/c1-27(2)9-15(32(3)17-12-37-13-17)11-34(27)25-21-24(38-14-16-10-30-7-8-33(16)26(21)36)22(28)23(31-25)20-18(29)5-4-6-19(20)35/h4-6,15-17,30,35H,7-14H2,1-3H3/t15?,16-/m1/s1. The number of fused-ring (bicyclic) bond motifs is 2. The molecule has 2 N–H and O–H groups in total. The molecule has 0 bridgehead atoms. The Balaban J connectivity index is 1.53. The topological polar surface area (TPSA) is 90.4 Å². The number of aromatic nitrogens is 1. The first kappa shape index (κ1) is 25.6. The highest BCUT2D eigenvalue weighted by Gasteiger charge is 2.47. The van der Waals surface area contributed by atoms with E-state index in [2.05, 4.69) is 36.0 Å². The van der Waals surface area contributed by atoms with Crippen LogP contribution in [0.25, 0.3) is 11.3 Å². The predicted molar refractivity (Wildman–Crippen MR) is 142 cm³/mol. The van der Waals surface area contributed by atoms with Gasteiger partial charge in [-0.25, -0.2) is 9.37 Å². The number of phenols is 1. The number of hydrogen-bond acceptors (Lipinski definition) is 8. The summed E-state index contributed by atoms with van der Waals surface area (Å²) in [5.74, 6) is -0.547. The highest BCUT2D eigenvalue weighted by atomic mass is 35.5. The minimum absolute atomic E-state index is 0.0163. The van der Waals surface area contributed by atoms with E-state index in [0.29, 0.717) is 56.8 Å². The van der Waals surface area contributed by atoms with Crippen molar-refractivity contribution in [1.82, 2.24) is 20.1 Å². The number of rotatable bonds is 4. The first-order valence-corrected chi connectivity index (χ1v) is 13.5. The fourth-order valence-corrected chi connectivity index (χ4v) is 6.36. The van der Waals surface area contributed by atoms with Crippen molar-refractivity contribution >= 4 is 23.3 Å². The number of hydrogen-bond donors (Lipinski definition) is 2. The molecule has 1 amide bonds. The van der Waals surface area contributed by atoms with Gasteiger partial charge >= 0.3 is 0 Å². The van der Waals surface area contributed by atoms with Gasteiger partial charge in [0.05, 0.1) is 30.9 Å². The number of anilines is 1. The molecule has 2 atom stereocenters. The fourth-order valence-electron chi connectivity index (χ4n) is 6.08. The van der Waals surface area contributed by atoms with Crippen LogP contribution in [0.4, 0.5) is 10.2 Å². The van der Waals surface area contributed by atoms with Crippen molar-refractivity contribution < 1.29 is 23.8 Å². The van der Waals surface area contributed by atoms with E-state index in [-0.39, 0.29) is 57.9 Å². The zero-order valence-corrected chi connectivity index (χ0v) is 22.6. The maximum absolute atomic E-state index is 15.1. The Hall–Kier alpha value is -2.66. The first-order valence-electron chi connectivity index (χ1n) is 13.1. The average molecular weight is 546 g/mol. The van der Waals surface area contributed by atoms with Gasteiger partial charge in [0.2, 0.25) is 0 Å². The van der Waals surface area contributed by atoms with Crippen LogP contribution in [0, 0.1) is 5.82 Å². The summed E-state index contributed by atoms with van der Waals surface area (Å²) in [6, 6.07) is 4.45. The summed E-state index contributed by atoms with van der Waals surface area (Å²) in [7, 11) is 2.11. The van der Waals surface area contributed by atoms with Crippen LogP contribution in [0.1, 0.15) is 30.6 Å². The van der Waals surface area contributed by atoms with Crippen LogP contribution >= 0.6 is 11.6 Å². The van der Waals surface area contributed by atoms with Gasteiger partial charge in [0.15, 0.2) is 5.75 Å². The van der Waals surface area contributed by atoms with Gasteiger partial charge in [-0.2, -0.15) is 0 Å². The molecular weight excluding hydrogens is 513 g/mol. The lowest BCUT2D eigenvalue weighted by molar-refractivity contribution is -0.0673. The van der Waals surface area contributed by atoms with Crippen molar-refractivity contribution in [3.05, 3.63) is 34.6 Å². The number of aromatic hydroxyl groups is 1. The lowest BCUT2D eigenvalue weighted by Crippen LogP contribution is -2.55. The summed E-state index contributed by atoms with van der Waals surface area (Å²) in [5, 5.41) is 14.0. The molecule has 1 unspecified atom stereocenters. The number of nitrogens with zero attached hydrogens (tertiary/aromatic N) is 4. The molecule has 4 aliphatic heterocycles. The van der Waals surface area contributed by atoms with E-state index in [4.69, 9.17) is 26.1 Å². The quantitative estimate of drug-likeness (QED) is 0.606. The predicted octanol–water partition coefficient (Wildman–Crippen LogP) is 2.74. The van der Waals surface area contributed by atoms with E-state index in [1.807, 2.05) is 4.90 Å². The zero-order valence-electron chi connectivity index (χ0n) is 21.8. The van der Waals surface area contributed by atoms with E-state index in [1.54, 1.807) is 0 Å². The van der Waals surface area contributed by atoms with Gasteiger partial charge in [0.1, 0.15) is 40.3 Å². The van der Waals surface area contributed by atoms with Crippen molar-refractivity contribution in [3.8, 4) is 22.8 Å². The third-order valence-electron chi connectivity index (χ3n) is 8.44. The first-order chi connectivity index (χ1) is 18.2. The molecule has 0 aliphatic carbocycles. The van der Waals surface area contributed by atoms with Crippen molar-refractivity contribution in [2.75, 3.05) is 57.9 Å². The third kappa shape index (κ3) is 4.09. The summed E-state index contributed by atoms with van der Waals surface area (Å²) in [4.78, 5) is 25.3. The van der Waals surface area contributed by atoms with Crippen molar-refractivity contribution in [2.45, 2.75) is 43.9 Å². The summed E-state index contributed by atoms with van der Waals surface area (Å²) in [5.41, 5.74) is -0.134. The maximum atomic E-state index is 15.1. The number of piperazine rings is 1. The Kier molecular flexibility index (Phi) is 6.41. The molecule has 9 nitrogen and oxygen atoms in total. The largest absolute Gasteiger partial charge is 0.507 e. The second kappa shape index (κ2) is 9.51. The number of likely N-dealkylation sites (N-methyl/N-ethyl adjacent to an activating group) is 1. The van der Waals surface area contributed by atoms with Gasteiger partial charge < -0.3 is 29.7 Å². The number of pyridine rings is 1. The highest BCUT2D eigenvalue weighted by Crippen LogP contribution is 2.48. The molecule has 11 heteroatoms. The maximum Gasteiger partial charge on any atom is 0.261 e. The average Bonchev–Trinajstić information content (AvgIpc) is 3.08. The van der Waals surface area contributed by atoms with E-state index < -0.39 is 5.82 Å². The molecular formula is C27H33ClFN5O4. The Bertz CT molecular complexity index is 1250. The SMILES string of the molecule is CN(C1COC1)C1CN(c2nc(-c3c(O)cccc3F)c(Cl)c3c2C(=O)N2CCNC[C@@H]2CO3)C(C)(C)C1. The molecule has 6 rings (SSSR count). The molecule has 2 aromatic rings. The number of phenolic OH excluding ortho intramolecular Hbond substituents is 1. The molecule has 5 heterocycles. The Morgan fingerprint density at radius 3 is 2.74 bits per heavy atom. The number of carbonyl (C=O) groups is 1. The number of benzene rings is 1. The van der Waals surface area contributed by atoms with Crippen LogP contribution < -0.4 is 15.0 Å². The van der Waals surface area contributed by atoms with E-state index >= 15 is 4.39 Å². The van der Waals surface area contributed by atoms with Gasteiger partial charge in [-0.3, -0.25) is 9.69 Å². The molecule has 204 valence electrons. The highest BCUT2D eigenvalue weighted by molar-refractivity contribution is 6.35. The lowest BCUT2D eigenvalue weighted by atomic mass is 9.98. The molecule has 3 fully saturated rings. The van der Waals surface area contributed by atoms with Crippen molar-refractivity contribution in [3.63, 3.8) is 0 Å². The number of amides is 1. The molecule has 0 spiro atoms. The summed E-state index contributed by atoms with van der Waals surface area (Å²) in [6.45, 7) is 8.33. The minimum atomic E-state index is -0.657. The summed E-state index contributed by atoms with van der Waals surface area (Å²) < 4.78 is 26.7. The summed E-state index contributed by atoms with van der Waals surface area (Å²) in [6.07, 6.45) is 0.838. The van der Waals surface area contributed by atoms with Crippen LogP contribution in [-0.4, -0.2) is 103 Å². The Labute approximate surface area is 226 Å². The second-order valence-electron chi connectivity index (χ2n) is 11.2. The molecule has 0 radical (unpaired) electrons. The van der Waals surface area contributed by atoms with Gasteiger partial charge in [-0.15, -0.1) is 0 Å². The Morgan fingerprint density at radius 1 is 1.24 bits per heavy atom. The molecule has 4 aliphatic rings. The fraction of sp³-hybridized carbons (Fsp3) is 0.556. The van der Waals surface area contributed by atoms with Gasteiger partial charge in [-0.1, -0.05) is 17.7 Å². The van der Waals surface area contributed by atoms with Crippen LogP contribution in [0.2, 0.25) is 5.02 Å². The van der Waals surface area contributed by atoms with Gasteiger partial charge in [0.25, 0.3) is 5.91 Å². The zero-order chi connectivity index (χ0) is 26.8. The van der Waals surface area contributed by atoms with Crippen LogP contribution in [-0.2, 0) is 4.74 Å². The van der Waals surface area contributed by atoms with Crippen molar-refractivity contribution in [1.29, 1.82) is 0 Å². The molecule has 1 aromatic carbocycles. The van der Waals surface area contributed by atoms with Crippen molar-refractivity contribution in [2.24, 2.45) is 0 Å². The molecule has 3 saturated heterocycles. The summed E-state index contributed by atoms with van der Waals surface area (Å²) >= 11 is 6.85. The van der Waals surface area contributed by atoms with E-state index in [0.717, 1.165) is 6.42 Å². The number of halogens is 2. The van der Waals surface area contributed by atoms with Crippen LogP contribution in [0.3, 0.4) is 0 Å². The molecule has 0 saturated carbocycles. The monoisotopic (exact) mass is 545 g/mol. The minimum Gasteiger partial charge on any atom is -0.507 e. The number of nitrogens with one attached hydrogen (secondary N) is 1. The van der Waals surface area contributed by atoms with Gasteiger partial charge in [-0.05, 0) is 39.4 Å². The van der Waals surface area contributed by atoms with Crippen LogP contribution in [0.5, 0.6) is 11.5 Å². The number of carbonyl (C=O) groups excluding carboxylic acids is 1. The van der Waals surface area contributed by atoms with Gasteiger partial charge in [0, 0.05) is 37.8 Å². The number of ether oxygens (including phenoxy) is 2. The van der Waals surface area contributed by atoms with E-state index in [9.17, 15) is 9.90 Å². The van der Waals surface area contributed by atoms with E-state index in [1.165, 1.54) is 18.2 Å². The smallest absolute Gasteiger partial charge is 0.261 e. The normalized spacial score (nSPS) is 25.1.